The van der Waals surface area contributed by atoms with E-state index < -0.39 is 0 Å². The molecule has 28 heavy (non-hydrogen) atoms. The number of halogens is 1. The largest absolute Gasteiger partial charge is 0.355 e. The third-order valence-electron chi connectivity index (χ3n) is 4.68. The Morgan fingerprint density at radius 2 is 1.54 bits per heavy atom. The number of benzene rings is 3. The molecular formula is C24H25FN2O. The lowest BCUT2D eigenvalue weighted by Crippen LogP contribution is -2.37. The van der Waals surface area contributed by atoms with E-state index in [-0.39, 0.29) is 24.3 Å². The van der Waals surface area contributed by atoms with Crippen molar-refractivity contribution < 1.29 is 9.18 Å². The molecule has 0 heterocycles. The van der Waals surface area contributed by atoms with Crippen LogP contribution >= 0.6 is 0 Å². The third kappa shape index (κ3) is 5.51. The van der Waals surface area contributed by atoms with Crippen molar-refractivity contribution in [3.8, 4) is 0 Å². The van der Waals surface area contributed by atoms with Crippen LogP contribution in [0.15, 0.2) is 78.9 Å². The van der Waals surface area contributed by atoms with Crippen LogP contribution in [0, 0.1) is 12.7 Å². The summed E-state index contributed by atoms with van der Waals surface area (Å²) in [5, 5.41) is 6.20. The van der Waals surface area contributed by atoms with Gasteiger partial charge in [0.2, 0.25) is 5.91 Å². The summed E-state index contributed by atoms with van der Waals surface area (Å²) in [6.07, 6.45) is 0.471. The van der Waals surface area contributed by atoms with E-state index in [1.54, 1.807) is 18.2 Å². The zero-order valence-corrected chi connectivity index (χ0v) is 16.0. The van der Waals surface area contributed by atoms with Crippen LogP contribution in [-0.4, -0.2) is 19.0 Å². The average Bonchev–Trinajstić information content (AvgIpc) is 2.72. The van der Waals surface area contributed by atoms with E-state index >= 15 is 0 Å². The standard InChI is InChI=1S/C24H25FN2O/c1-18-11-13-21(14-12-18)24(20-8-3-2-4-9-20)27-17-23(28)26-16-15-19-7-5-6-10-22(19)25/h2-14,24,27H,15-17H2,1H3,(H,26,28)/t24-/m0/s1. The fourth-order valence-electron chi connectivity index (χ4n) is 3.13. The van der Waals surface area contributed by atoms with E-state index in [1.165, 1.54) is 11.6 Å². The van der Waals surface area contributed by atoms with Gasteiger partial charge in [0.1, 0.15) is 5.82 Å². The van der Waals surface area contributed by atoms with Crippen LogP contribution in [0.25, 0.3) is 0 Å². The summed E-state index contributed by atoms with van der Waals surface area (Å²) in [5.41, 5.74) is 4.01. The second kappa shape index (κ2) is 9.81. The first-order valence-electron chi connectivity index (χ1n) is 9.48. The van der Waals surface area contributed by atoms with Gasteiger partial charge in [-0.3, -0.25) is 10.1 Å². The van der Waals surface area contributed by atoms with Gasteiger partial charge in [-0.1, -0.05) is 78.4 Å². The van der Waals surface area contributed by atoms with Gasteiger partial charge in [-0.2, -0.15) is 0 Å². The molecule has 0 radical (unpaired) electrons. The van der Waals surface area contributed by atoms with Crippen molar-refractivity contribution in [2.75, 3.05) is 13.1 Å². The van der Waals surface area contributed by atoms with Crippen molar-refractivity contribution in [3.05, 3.63) is 107 Å². The van der Waals surface area contributed by atoms with E-state index in [4.69, 9.17) is 0 Å². The lowest BCUT2D eigenvalue weighted by molar-refractivity contribution is -0.120. The number of carbonyl (C=O) groups excluding carboxylic acids is 1. The molecule has 4 heteroatoms. The highest BCUT2D eigenvalue weighted by Gasteiger charge is 2.15. The van der Waals surface area contributed by atoms with Crippen LogP contribution in [0.4, 0.5) is 4.39 Å². The molecule has 0 saturated carbocycles. The van der Waals surface area contributed by atoms with E-state index in [9.17, 15) is 9.18 Å². The fraction of sp³-hybridized carbons (Fsp3) is 0.208. The monoisotopic (exact) mass is 376 g/mol. The molecule has 1 amide bonds. The highest BCUT2D eigenvalue weighted by atomic mass is 19.1. The number of nitrogens with one attached hydrogen (secondary N) is 2. The van der Waals surface area contributed by atoms with Crippen molar-refractivity contribution in [2.24, 2.45) is 0 Å². The smallest absolute Gasteiger partial charge is 0.233 e. The quantitative estimate of drug-likeness (QED) is 0.619. The van der Waals surface area contributed by atoms with Gasteiger partial charge in [0.25, 0.3) is 0 Å². The Kier molecular flexibility index (Phi) is 6.93. The lowest BCUT2D eigenvalue weighted by atomic mass is 9.98. The van der Waals surface area contributed by atoms with Gasteiger partial charge in [0.15, 0.2) is 0 Å². The van der Waals surface area contributed by atoms with Crippen LogP contribution in [0.1, 0.15) is 28.3 Å². The normalized spacial score (nSPS) is 11.8. The Balaban J connectivity index is 1.58. The average molecular weight is 376 g/mol. The van der Waals surface area contributed by atoms with Crippen LogP contribution in [0.3, 0.4) is 0 Å². The molecule has 0 aromatic heterocycles. The molecule has 0 aliphatic rings. The summed E-state index contributed by atoms with van der Waals surface area (Å²) in [4.78, 5) is 12.3. The summed E-state index contributed by atoms with van der Waals surface area (Å²) in [7, 11) is 0. The Morgan fingerprint density at radius 1 is 0.893 bits per heavy atom. The minimum atomic E-state index is -0.238. The molecule has 144 valence electrons. The number of aryl methyl sites for hydroxylation is 1. The first-order chi connectivity index (χ1) is 13.6. The van der Waals surface area contributed by atoms with Gasteiger partial charge in [-0.25, -0.2) is 4.39 Å². The molecule has 0 fully saturated rings. The predicted molar refractivity (Wildman–Crippen MR) is 111 cm³/mol. The van der Waals surface area contributed by atoms with Crippen LogP contribution in [0.5, 0.6) is 0 Å². The third-order valence-corrected chi connectivity index (χ3v) is 4.68. The highest BCUT2D eigenvalue weighted by molar-refractivity contribution is 5.78. The van der Waals surface area contributed by atoms with Gasteiger partial charge in [-0.05, 0) is 36.1 Å². The summed E-state index contributed by atoms with van der Waals surface area (Å²) in [5.74, 6) is -0.345. The second-order valence-corrected chi connectivity index (χ2v) is 6.83. The Hall–Kier alpha value is -2.98. The molecule has 3 aromatic rings. The van der Waals surface area contributed by atoms with E-state index in [1.807, 2.05) is 30.3 Å². The number of hydrogen-bond donors (Lipinski definition) is 2. The lowest BCUT2D eigenvalue weighted by Gasteiger charge is -2.20. The Labute approximate surface area is 165 Å². The van der Waals surface area contributed by atoms with Gasteiger partial charge in [0, 0.05) is 6.54 Å². The molecule has 0 saturated heterocycles. The summed E-state index contributed by atoms with van der Waals surface area (Å²) in [6.45, 7) is 2.64. The Bertz CT molecular complexity index is 894. The Morgan fingerprint density at radius 3 is 2.25 bits per heavy atom. The van der Waals surface area contributed by atoms with Crippen molar-refractivity contribution in [1.82, 2.24) is 10.6 Å². The number of amides is 1. The molecule has 3 aromatic carbocycles. The van der Waals surface area contributed by atoms with Gasteiger partial charge in [0.05, 0.1) is 12.6 Å². The van der Waals surface area contributed by atoms with Crippen LogP contribution < -0.4 is 10.6 Å². The number of rotatable bonds is 8. The maximum absolute atomic E-state index is 13.6. The van der Waals surface area contributed by atoms with Gasteiger partial charge < -0.3 is 5.32 Å². The maximum atomic E-state index is 13.6. The SMILES string of the molecule is Cc1ccc([C@@H](NCC(=O)NCCc2ccccc2F)c2ccccc2)cc1. The molecule has 0 aliphatic heterocycles. The molecule has 1 atom stereocenters. The first-order valence-corrected chi connectivity index (χ1v) is 9.48. The summed E-state index contributed by atoms with van der Waals surface area (Å²) in [6, 6.07) is 24.9. The zero-order valence-electron chi connectivity index (χ0n) is 16.0. The number of hydrogen-bond acceptors (Lipinski definition) is 2. The highest BCUT2D eigenvalue weighted by Crippen LogP contribution is 2.22. The van der Waals surface area contributed by atoms with Gasteiger partial charge in [-0.15, -0.1) is 0 Å². The molecule has 3 rings (SSSR count). The van der Waals surface area contributed by atoms with Gasteiger partial charge >= 0.3 is 0 Å². The molecular weight excluding hydrogens is 351 g/mol. The number of carbonyl (C=O) groups is 1. The van der Waals surface area contributed by atoms with E-state index in [0.29, 0.717) is 18.5 Å². The summed E-state index contributed by atoms with van der Waals surface area (Å²) < 4.78 is 13.6. The molecule has 3 nitrogen and oxygen atoms in total. The molecule has 0 spiro atoms. The molecule has 2 N–H and O–H groups in total. The second-order valence-electron chi connectivity index (χ2n) is 6.83. The maximum Gasteiger partial charge on any atom is 0.233 e. The minimum absolute atomic E-state index is 0.0703. The predicted octanol–water partition coefficient (Wildman–Crippen LogP) is 4.17. The van der Waals surface area contributed by atoms with E-state index in [0.717, 1.165) is 11.1 Å². The van der Waals surface area contributed by atoms with Crippen LogP contribution in [0.2, 0.25) is 0 Å². The van der Waals surface area contributed by atoms with Crippen LogP contribution in [-0.2, 0) is 11.2 Å². The zero-order chi connectivity index (χ0) is 19.8. The van der Waals surface area contributed by atoms with E-state index in [2.05, 4.69) is 41.8 Å². The topological polar surface area (TPSA) is 41.1 Å². The first kappa shape index (κ1) is 19.8. The molecule has 0 unspecified atom stereocenters. The van der Waals surface area contributed by atoms with Crippen molar-refractivity contribution >= 4 is 5.91 Å². The summed E-state index contributed by atoms with van der Waals surface area (Å²) >= 11 is 0. The molecule has 0 bridgehead atoms. The van der Waals surface area contributed by atoms with Crippen molar-refractivity contribution in [3.63, 3.8) is 0 Å². The minimum Gasteiger partial charge on any atom is -0.355 e. The molecule has 0 aliphatic carbocycles. The van der Waals surface area contributed by atoms with Crippen molar-refractivity contribution in [2.45, 2.75) is 19.4 Å². The fourth-order valence-corrected chi connectivity index (χ4v) is 3.13. The van der Waals surface area contributed by atoms with Crippen molar-refractivity contribution in [1.29, 1.82) is 0 Å².